The van der Waals surface area contributed by atoms with Crippen molar-refractivity contribution in [2.75, 3.05) is 4.90 Å². The minimum Gasteiger partial charge on any atom is -0.368 e. The normalized spacial score (nSPS) is 11.4. The molecule has 0 atom stereocenters. The lowest BCUT2D eigenvalue weighted by molar-refractivity contribution is 0.730. The third-order valence-electron chi connectivity index (χ3n) is 8.22. The summed E-state index contributed by atoms with van der Waals surface area (Å²) in [6.07, 6.45) is 0. The average Bonchev–Trinajstić information content (AvgIpc) is 3.73. The van der Waals surface area contributed by atoms with Crippen LogP contribution >= 0.6 is 0 Å². The molecule has 2 heterocycles. The lowest BCUT2D eigenvalue weighted by Gasteiger charge is -2.25. The molecular formula is C40H39N9. The summed E-state index contributed by atoms with van der Waals surface area (Å²) in [5.41, 5.74) is 10.2. The van der Waals surface area contributed by atoms with Gasteiger partial charge >= 0.3 is 0 Å². The molecule has 9 heteroatoms. The van der Waals surface area contributed by atoms with Crippen molar-refractivity contribution in [1.82, 2.24) is 30.6 Å². The molecule has 0 saturated carbocycles. The number of aromatic nitrogens is 4. The number of anilines is 3. The summed E-state index contributed by atoms with van der Waals surface area (Å²) in [6, 6.07) is 39.2. The summed E-state index contributed by atoms with van der Waals surface area (Å²) in [5.74, 6) is 2.35. The molecule has 0 radical (unpaired) electrons. The monoisotopic (exact) mass is 645 g/mol. The lowest BCUT2D eigenvalue weighted by Crippen LogP contribution is -2.30. The molecule has 0 amide bonds. The third kappa shape index (κ3) is 6.64. The predicted molar refractivity (Wildman–Crippen MR) is 202 cm³/mol. The van der Waals surface area contributed by atoms with E-state index in [0.29, 0.717) is 11.7 Å². The van der Waals surface area contributed by atoms with E-state index in [-0.39, 0.29) is 12.1 Å². The van der Waals surface area contributed by atoms with Crippen molar-refractivity contribution in [3.63, 3.8) is 0 Å². The molecule has 0 aliphatic carbocycles. The smallest absolute Gasteiger partial charge is 0.138 e. The largest absolute Gasteiger partial charge is 0.368 e. The Morgan fingerprint density at radius 2 is 0.959 bits per heavy atom. The number of benzene rings is 5. The Bertz CT molecular complexity index is 2120. The van der Waals surface area contributed by atoms with Crippen molar-refractivity contribution < 1.29 is 0 Å². The number of hydrogen-bond acceptors (Lipinski definition) is 5. The topological polar surface area (TPSA) is 132 Å². The third-order valence-corrected chi connectivity index (χ3v) is 8.22. The molecule has 6 N–H and O–H groups in total. The van der Waals surface area contributed by atoms with E-state index in [9.17, 15) is 0 Å². The molecule has 0 bridgehead atoms. The molecule has 2 aromatic heterocycles. The zero-order valence-corrected chi connectivity index (χ0v) is 28.0. The first-order chi connectivity index (χ1) is 23.7. The highest BCUT2D eigenvalue weighted by molar-refractivity contribution is 6.00. The molecule has 0 unspecified atom stereocenters. The van der Waals surface area contributed by atoms with Gasteiger partial charge in [0.2, 0.25) is 0 Å². The molecule has 5 aromatic carbocycles. The van der Waals surface area contributed by atoms with Gasteiger partial charge in [0.25, 0.3) is 0 Å². The van der Waals surface area contributed by atoms with E-state index in [0.717, 1.165) is 73.0 Å². The van der Waals surface area contributed by atoms with Crippen LogP contribution in [-0.2, 0) is 0 Å². The molecule has 49 heavy (non-hydrogen) atoms. The first kappa shape index (κ1) is 31.4. The van der Waals surface area contributed by atoms with Gasteiger partial charge in [-0.3, -0.25) is 10.8 Å². The summed E-state index contributed by atoms with van der Waals surface area (Å²) in [5, 5.41) is 23.0. The van der Waals surface area contributed by atoms with Crippen LogP contribution < -0.4 is 15.5 Å². The Balaban J connectivity index is 1.16. The van der Waals surface area contributed by atoms with Crippen LogP contribution in [0.4, 0.5) is 17.1 Å². The Labute approximate surface area is 285 Å². The molecule has 7 rings (SSSR count). The first-order valence-electron chi connectivity index (χ1n) is 16.5. The van der Waals surface area contributed by atoms with Gasteiger partial charge in [-0.1, -0.05) is 18.2 Å². The zero-order chi connectivity index (χ0) is 34.1. The Morgan fingerprint density at radius 1 is 0.551 bits per heavy atom. The van der Waals surface area contributed by atoms with Crippen molar-refractivity contribution in [3.8, 4) is 22.8 Å². The van der Waals surface area contributed by atoms with Gasteiger partial charge in [0.05, 0.1) is 22.1 Å². The number of H-pyrrole nitrogens is 2. The van der Waals surface area contributed by atoms with E-state index in [2.05, 4.69) is 86.2 Å². The fraction of sp³-hybridized carbons (Fsp3) is 0.150. The van der Waals surface area contributed by atoms with E-state index >= 15 is 0 Å². The first-order valence-corrected chi connectivity index (χ1v) is 16.5. The highest BCUT2D eigenvalue weighted by Gasteiger charge is 2.15. The molecular weight excluding hydrogens is 607 g/mol. The summed E-state index contributed by atoms with van der Waals surface area (Å²) in [7, 11) is 0. The molecule has 0 saturated heterocycles. The van der Waals surface area contributed by atoms with Crippen molar-refractivity contribution in [3.05, 3.63) is 126 Å². The van der Waals surface area contributed by atoms with Gasteiger partial charge in [-0.25, -0.2) is 9.97 Å². The van der Waals surface area contributed by atoms with E-state index < -0.39 is 0 Å². The van der Waals surface area contributed by atoms with Gasteiger partial charge in [-0.15, -0.1) is 0 Å². The van der Waals surface area contributed by atoms with Gasteiger partial charge in [0, 0.05) is 51.4 Å². The number of nitrogens with one attached hydrogen (secondary N) is 6. The van der Waals surface area contributed by atoms with Crippen LogP contribution in [0.1, 0.15) is 38.8 Å². The minimum atomic E-state index is 0.185. The zero-order valence-electron chi connectivity index (χ0n) is 28.0. The van der Waals surface area contributed by atoms with Gasteiger partial charge in [0.1, 0.15) is 23.3 Å². The highest BCUT2D eigenvalue weighted by Crippen LogP contribution is 2.36. The molecule has 7 aromatic rings. The predicted octanol–water partition coefficient (Wildman–Crippen LogP) is 8.89. The highest BCUT2D eigenvalue weighted by atomic mass is 15.1. The maximum Gasteiger partial charge on any atom is 0.138 e. The number of aromatic amines is 2. The van der Waals surface area contributed by atoms with E-state index in [1.54, 1.807) is 0 Å². The second kappa shape index (κ2) is 13.1. The number of hydrogen-bond donors (Lipinski definition) is 6. The maximum absolute atomic E-state index is 8.36. The van der Waals surface area contributed by atoms with Crippen LogP contribution in [0.25, 0.3) is 44.8 Å². The van der Waals surface area contributed by atoms with Crippen LogP contribution in [0.3, 0.4) is 0 Å². The van der Waals surface area contributed by atoms with Crippen LogP contribution in [0.2, 0.25) is 0 Å². The van der Waals surface area contributed by atoms with Crippen LogP contribution in [0, 0.1) is 10.8 Å². The standard InChI is InChI=1S/C40H39N9/c1-24(2)43-37(41)28-14-20-33-35(22-28)47-39(45-33)26-10-16-31(17-11-26)49(30-8-6-5-7-9-30)32-18-12-27(13-19-32)40-46-34-21-15-29(23-36(34)48-40)38(42)44-25(3)4/h5-25H,1-4H3,(H2,41,43)(H2,42,44)(H,45,47)(H,46,48). The number of fused-ring (bicyclic) bond motifs is 2. The molecule has 0 aliphatic heterocycles. The SMILES string of the molecule is CC(C)NC(=N)c1ccc2[nH]c(-c3ccc(N(c4ccccc4)c4ccc(-c5nc6cc(C(=N)NC(C)C)ccc6[nH]5)cc4)cc3)nc2c1. The van der Waals surface area contributed by atoms with E-state index in [1.807, 2.05) is 82.3 Å². The minimum absolute atomic E-state index is 0.185. The van der Waals surface area contributed by atoms with Gasteiger partial charge in [-0.05, 0) is 125 Å². The second-order valence-electron chi connectivity index (χ2n) is 12.7. The fourth-order valence-corrected chi connectivity index (χ4v) is 5.90. The average molecular weight is 646 g/mol. The molecule has 244 valence electrons. The van der Waals surface area contributed by atoms with E-state index in [1.165, 1.54) is 0 Å². The Hall–Kier alpha value is -6.22. The van der Waals surface area contributed by atoms with Crippen molar-refractivity contribution >= 4 is 50.8 Å². The van der Waals surface area contributed by atoms with Crippen LogP contribution in [0.5, 0.6) is 0 Å². The van der Waals surface area contributed by atoms with Crippen molar-refractivity contribution in [2.24, 2.45) is 0 Å². The molecule has 0 aliphatic rings. The quantitative estimate of drug-likeness (QED) is 0.0689. The summed E-state index contributed by atoms with van der Waals surface area (Å²) < 4.78 is 0. The number of amidine groups is 2. The lowest BCUT2D eigenvalue weighted by atomic mass is 10.1. The summed E-state index contributed by atoms with van der Waals surface area (Å²) in [6.45, 7) is 8.10. The Morgan fingerprint density at radius 3 is 1.37 bits per heavy atom. The number of rotatable bonds is 9. The van der Waals surface area contributed by atoms with Crippen LogP contribution in [-0.4, -0.2) is 43.7 Å². The van der Waals surface area contributed by atoms with Crippen molar-refractivity contribution in [1.29, 1.82) is 10.8 Å². The van der Waals surface area contributed by atoms with Crippen LogP contribution in [0.15, 0.2) is 115 Å². The molecule has 9 nitrogen and oxygen atoms in total. The number of imidazole rings is 2. The fourth-order valence-electron chi connectivity index (χ4n) is 5.90. The summed E-state index contributed by atoms with van der Waals surface area (Å²) in [4.78, 5) is 18.8. The molecule has 0 spiro atoms. The maximum atomic E-state index is 8.36. The van der Waals surface area contributed by atoms with Gasteiger partial charge < -0.3 is 25.5 Å². The van der Waals surface area contributed by atoms with E-state index in [4.69, 9.17) is 20.8 Å². The molecule has 0 fully saturated rings. The van der Waals surface area contributed by atoms with Gasteiger partial charge in [0.15, 0.2) is 0 Å². The number of para-hydroxylation sites is 1. The number of nitrogens with zero attached hydrogens (tertiary/aromatic N) is 3. The summed E-state index contributed by atoms with van der Waals surface area (Å²) >= 11 is 0. The van der Waals surface area contributed by atoms with Gasteiger partial charge in [-0.2, -0.15) is 0 Å². The van der Waals surface area contributed by atoms with Crippen molar-refractivity contribution in [2.45, 2.75) is 39.8 Å². The second-order valence-corrected chi connectivity index (χ2v) is 12.7. The Kier molecular flexibility index (Phi) is 8.40.